The van der Waals surface area contributed by atoms with E-state index < -0.39 is 0 Å². The fourth-order valence-corrected chi connectivity index (χ4v) is 2.17. The lowest BCUT2D eigenvalue weighted by Crippen LogP contribution is -2.29. The van der Waals surface area contributed by atoms with E-state index >= 15 is 0 Å². The molecule has 0 aliphatic heterocycles. The van der Waals surface area contributed by atoms with Crippen LogP contribution in [0.15, 0.2) is 42.7 Å². The van der Waals surface area contributed by atoms with Crippen LogP contribution in [0, 0.1) is 6.92 Å². The third-order valence-electron chi connectivity index (χ3n) is 3.23. The van der Waals surface area contributed by atoms with Crippen molar-refractivity contribution < 1.29 is 0 Å². The van der Waals surface area contributed by atoms with E-state index in [2.05, 4.69) is 48.5 Å². The standard InChI is InChI=1S/C15H19N3/c1-3-12-5-4-6-13(9-12)15(18-16)14-7-8-17-10-11(14)2/h4-10,15,18H,3,16H2,1-2H3. The van der Waals surface area contributed by atoms with Crippen molar-refractivity contribution in [3.05, 3.63) is 65.0 Å². The number of aromatic nitrogens is 1. The van der Waals surface area contributed by atoms with Gasteiger partial charge in [-0.25, -0.2) is 5.43 Å². The molecule has 0 aliphatic carbocycles. The first-order chi connectivity index (χ1) is 8.76. The average molecular weight is 241 g/mol. The summed E-state index contributed by atoms with van der Waals surface area (Å²) in [5, 5.41) is 0. The van der Waals surface area contributed by atoms with E-state index in [4.69, 9.17) is 5.84 Å². The molecule has 3 heteroatoms. The van der Waals surface area contributed by atoms with Crippen LogP contribution in [0.4, 0.5) is 0 Å². The minimum atomic E-state index is 0.0134. The van der Waals surface area contributed by atoms with Gasteiger partial charge in [0.25, 0.3) is 0 Å². The summed E-state index contributed by atoms with van der Waals surface area (Å²) in [6.45, 7) is 4.21. The van der Waals surface area contributed by atoms with E-state index in [0.29, 0.717) is 0 Å². The molecule has 1 heterocycles. The van der Waals surface area contributed by atoms with Crippen LogP contribution in [0.1, 0.15) is 35.2 Å². The molecule has 1 atom stereocenters. The van der Waals surface area contributed by atoms with Crippen LogP contribution < -0.4 is 11.3 Å². The number of hydrogen-bond acceptors (Lipinski definition) is 3. The predicted molar refractivity (Wildman–Crippen MR) is 74.0 cm³/mol. The molecule has 0 bridgehead atoms. The van der Waals surface area contributed by atoms with Gasteiger partial charge in [0, 0.05) is 12.4 Å². The summed E-state index contributed by atoms with van der Waals surface area (Å²) in [6.07, 6.45) is 4.69. The largest absolute Gasteiger partial charge is 0.271 e. The molecule has 3 nitrogen and oxygen atoms in total. The lowest BCUT2D eigenvalue weighted by atomic mass is 9.95. The zero-order valence-electron chi connectivity index (χ0n) is 10.9. The highest BCUT2D eigenvalue weighted by Gasteiger charge is 2.14. The first kappa shape index (κ1) is 12.7. The maximum atomic E-state index is 5.73. The van der Waals surface area contributed by atoms with Crippen LogP contribution in [0.3, 0.4) is 0 Å². The van der Waals surface area contributed by atoms with Gasteiger partial charge in [0.15, 0.2) is 0 Å². The molecule has 0 amide bonds. The van der Waals surface area contributed by atoms with E-state index in [1.165, 1.54) is 16.7 Å². The lowest BCUT2D eigenvalue weighted by Gasteiger charge is -2.19. The number of rotatable bonds is 4. The molecule has 94 valence electrons. The highest BCUT2D eigenvalue weighted by Crippen LogP contribution is 2.24. The van der Waals surface area contributed by atoms with Crippen molar-refractivity contribution in [2.24, 2.45) is 5.84 Å². The van der Waals surface area contributed by atoms with Gasteiger partial charge in [0.1, 0.15) is 0 Å². The van der Waals surface area contributed by atoms with E-state index in [1.54, 1.807) is 6.20 Å². The Morgan fingerprint density at radius 1 is 1.33 bits per heavy atom. The van der Waals surface area contributed by atoms with Crippen molar-refractivity contribution >= 4 is 0 Å². The maximum absolute atomic E-state index is 5.73. The number of benzene rings is 1. The minimum absolute atomic E-state index is 0.0134. The summed E-state index contributed by atoms with van der Waals surface area (Å²) in [5.41, 5.74) is 7.71. The van der Waals surface area contributed by atoms with Crippen molar-refractivity contribution in [3.8, 4) is 0 Å². The number of hydrogen-bond donors (Lipinski definition) is 2. The van der Waals surface area contributed by atoms with Gasteiger partial charge in [-0.15, -0.1) is 0 Å². The number of nitrogens with two attached hydrogens (primary N) is 1. The van der Waals surface area contributed by atoms with Crippen LogP contribution >= 0.6 is 0 Å². The predicted octanol–water partition coefficient (Wildman–Crippen LogP) is 2.51. The smallest absolute Gasteiger partial charge is 0.0713 e. The number of hydrazine groups is 1. The second-order valence-electron chi connectivity index (χ2n) is 4.43. The third-order valence-corrected chi connectivity index (χ3v) is 3.23. The molecule has 0 saturated heterocycles. The van der Waals surface area contributed by atoms with Gasteiger partial charge >= 0.3 is 0 Å². The number of nitrogens with zero attached hydrogens (tertiary/aromatic N) is 1. The van der Waals surface area contributed by atoms with Crippen molar-refractivity contribution in [1.29, 1.82) is 0 Å². The Labute approximate surface area is 108 Å². The van der Waals surface area contributed by atoms with Crippen LogP contribution in [-0.4, -0.2) is 4.98 Å². The van der Waals surface area contributed by atoms with Crippen molar-refractivity contribution in [1.82, 2.24) is 10.4 Å². The summed E-state index contributed by atoms with van der Waals surface area (Å²) in [7, 11) is 0. The normalized spacial score (nSPS) is 12.4. The van der Waals surface area contributed by atoms with Gasteiger partial charge in [0.05, 0.1) is 6.04 Å². The Morgan fingerprint density at radius 3 is 2.83 bits per heavy atom. The topological polar surface area (TPSA) is 50.9 Å². The fraction of sp³-hybridized carbons (Fsp3) is 0.267. The van der Waals surface area contributed by atoms with Gasteiger partial charge in [-0.3, -0.25) is 10.8 Å². The monoisotopic (exact) mass is 241 g/mol. The molecule has 18 heavy (non-hydrogen) atoms. The molecule has 0 saturated carbocycles. The van der Waals surface area contributed by atoms with Crippen LogP contribution in [0.5, 0.6) is 0 Å². The Kier molecular flexibility index (Phi) is 4.07. The molecule has 0 fully saturated rings. The van der Waals surface area contributed by atoms with Crippen LogP contribution in [-0.2, 0) is 6.42 Å². The first-order valence-corrected chi connectivity index (χ1v) is 6.21. The Morgan fingerprint density at radius 2 is 2.17 bits per heavy atom. The number of nitrogens with one attached hydrogen (secondary N) is 1. The molecule has 2 rings (SSSR count). The summed E-state index contributed by atoms with van der Waals surface area (Å²) in [6, 6.07) is 10.5. The average Bonchev–Trinajstić information content (AvgIpc) is 2.42. The van der Waals surface area contributed by atoms with Crippen molar-refractivity contribution in [2.45, 2.75) is 26.3 Å². The van der Waals surface area contributed by atoms with E-state index in [9.17, 15) is 0 Å². The second-order valence-corrected chi connectivity index (χ2v) is 4.43. The molecule has 0 radical (unpaired) electrons. The third kappa shape index (κ3) is 2.58. The summed E-state index contributed by atoms with van der Waals surface area (Å²) in [4.78, 5) is 4.12. The Hall–Kier alpha value is -1.71. The SMILES string of the molecule is CCc1cccc(C(NN)c2ccncc2C)c1. The van der Waals surface area contributed by atoms with Gasteiger partial charge in [-0.1, -0.05) is 31.2 Å². The number of aryl methyl sites for hydroxylation is 2. The Bertz CT molecular complexity index is 523. The molecule has 0 spiro atoms. The fourth-order valence-electron chi connectivity index (χ4n) is 2.17. The zero-order chi connectivity index (χ0) is 13.0. The molecular weight excluding hydrogens is 222 g/mol. The zero-order valence-corrected chi connectivity index (χ0v) is 10.9. The quantitative estimate of drug-likeness (QED) is 0.639. The van der Waals surface area contributed by atoms with Gasteiger partial charge in [-0.05, 0) is 41.7 Å². The molecule has 3 N–H and O–H groups in total. The van der Waals surface area contributed by atoms with E-state index in [1.807, 2.05) is 12.3 Å². The van der Waals surface area contributed by atoms with Crippen LogP contribution in [0.2, 0.25) is 0 Å². The molecule has 1 aromatic heterocycles. The molecule has 1 unspecified atom stereocenters. The maximum Gasteiger partial charge on any atom is 0.0713 e. The first-order valence-electron chi connectivity index (χ1n) is 6.21. The van der Waals surface area contributed by atoms with Gasteiger partial charge in [-0.2, -0.15) is 0 Å². The van der Waals surface area contributed by atoms with Crippen molar-refractivity contribution in [3.63, 3.8) is 0 Å². The highest BCUT2D eigenvalue weighted by atomic mass is 15.2. The Balaban J connectivity index is 2.42. The second kappa shape index (κ2) is 5.76. The highest BCUT2D eigenvalue weighted by molar-refractivity contribution is 5.36. The van der Waals surface area contributed by atoms with E-state index in [0.717, 1.165) is 12.0 Å². The summed E-state index contributed by atoms with van der Waals surface area (Å²) < 4.78 is 0. The molecular formula is C15H19N3. The summed E-state index contributed by atoms with van der Waals surface area (Å²) >= 11 is 0. The summed E-state index contributed by atoms with van der Waals surface area (Å²) in [5.74, 6) is 5.73. The van der Waals surface area contributed by atoms with Crippen molar-refractivity contribution in [2.75, 3.05) is 0 Å². The molecule has 0 aliphatic rings. The van der Waals surface area contributed by atoms with Gasteiger partial charge < -0.3 is 0 Å². The van der Waals surface area contributed by atoms with Crippen LogP contribution in [0.25, 0.3) is 0 Å². The number of pyridine rings is 1. The lowest BCUT2D eigenvalue weighted by molar-refractivity contribution is 0.632. The van der Waals surface area contributed by atoms with E-state index in [-0.39, 0.29) is 6.04 Å². The molecule has 1 aromatic carbocycles. The van der Waals surface area contributed by atoms with Gasteiger partial charge in [0.2, 0.25) is 0 Å². The molecule has 2 aromatic rings. The minimum Gasteiger partial charge on any atom is -0.271 e.